The highest BCUT2D eigenvalue weighted by molar-refractivity contribution is 5.36. The van der Waals surface area contributed by atoms with Gasteiger partial charge in [-0.25, -0.2) is 0 Å². The molecule has 0 radical (unpaired) electrons. The summed E-state index contributed by atoms with van der Waals surface area (Å²) >= 11 is 0. The maximum atomic E-state index is 3.93. The van der Waals surface area contributed by atoms with Crippen LogP contribution in [-0.4, -0.2) is 14.6 Å². The van der Waals surface area contributed by atoms with Crippen molar-refractivity contribution in [2.75, 3.05) is 0 Å². The normalized spacial score (nSPS) is 8.36. The highest BCUT2D eigenvalue weighted by atomic mass is 15.2. The fourth-order valence-electron chi connectivity index (χ4n) is 0.961. The lowest BCUT2D eigenvalue weighted by molar-refractivity contribution is 1.01. The molecule has 0 bridgehead atoms. The number of pyridine rings is 1. The molecule has 2 aromatic heterocycles. The van der Waals surface area contributed by atoms with Crippen LogP contribution in [0.2, 0.25) is 0 Å². The Bertz CT molecular complexity index is 352. The number of nitrogens with zero attached hydrogens (tertiary/aromatic N) is 3. The fraction of sp³-hybridized carbons (Fsp3) is 0.455. The molecule has 0 aliphatic rings. The first-order chi connectivity index (χ1) is 6.88. The van der Waals surface area contributed by atoms with Crippen LogP contribution in [-0.2, 0) is 0 Å². The van der Waals surface area contributed by atoms with Gasteiger partial charge in [-0.05, 0) is 19.1 Å². The predicted molar refractivity (Wildman–Crippen MR) is 60.4 cm³/mol. The Morgan fingerprint density at radius 3 is 2.21 bits per heavy atom. The molecule has 0 atom stereocenters. The summed E-state index contributed by atoms with van der Waals surface area (Å²) in [5.41, 5.74) is 0.903. The summed E-state index contributed by atoms with van der Waals surface area (Å²) in [6, 6.07) is 5.84. The van der Waals surface area contributed by atoms with Crippen LogP contribution in [0.25, 0.3) is 5.65 Å². The second kappa shape index (κ2) is 7.06. The number of rotatable bonds is 0. The van der Waals surface area contributed by atoms with Gasteiger partial charge >= 0.3 is 0 Å². The van der Waals surface area contributed by atoms with Gasteiger partial charge in [-0.15, -0.1) is 10.2 Å². The summed E-state index contributed by atoms with van der Waals surface area (Å²) in [5, 5.41) is 7.84. The molecule has 2 heterocycles. The van der Waals surface area contributed by atoms with Crippen LogP contribution in [0.3, 0.4) is 0 Å². The van der Waals surface area contributed by atoms with E-state index in [4.69, 9.17) is 0 Å². The lowest BCUT2D eigenvalue weighted by Crippen LogP contribution is -1.84. The Hall–Kier alpha value is -1.38. The van der Waals surface area contributed by atoms with Crippen molar-refractivity contribution >= 4 is 5.65 Å². The number of hydrogen-bond acceptors (Lipinski definition) is 2. The van der Waals surface area contributed by atoms with Crippen LogP contribution >= 0.6 is 0 Å². The van der Waals surface area contributed by atoms with E-state index < -0.39 is 0 Å². The van der Waals surface area contributed by atoms with Crippen LogP contribution in [0.4, 0.5) is 0 Å². The van der Waals surface area contributed by atoms with Crippen molar-refractivity contribution in [3.05, 3.63) is 30.2 Å². The molecule has 0 spiro atoms. The Kier molecular flexibility index (Phi) is 6.37. The molecule has 2 aromatic rings. The molecule has 3 heteroatoms. The van der Waals surface area contributed by atoms with E-state index in [1.165, 1.54) is 0 Å². The molecule has 0 aliphatic heterocycles. The standard InChI is InChI=1S/C7H7N3.2C2H6/c1-6-8-9-7-4-2-3-5-10(6)7;2*1-2/h2-5H,1H3;2*1-2H3. The molecule has 0 saturated heterocycles. The quantitative estimate of drug-likeness (QED) is 0.643. The minimum Gasteiger partial charge on any atom is -0.287 e. The van der Waals surface area contributed by atoms with E-state index in [1.807, 2.05) is 63.4 Å². The van der Waals surface area contributed by atoms with E-state index in [1.54, 1.807) is 0 Å². The highest BCUT2D eigenvalue weighted by Crippen LogP contribution is 1.99. The lowest BCUT2D eigenvalue weighted by Gasteiger charge is -1.89. The third-order valence-electron chi connectivity index (χ3n) is 1.48. The van der Waals surface area contributed by atoms with Crippen LogP contribution in [0.1, 0.15) is 33.5 Å². The van der Waals surface area contributed by atoms with Gasteiger partial charge in [-0.2, -0.15) is 0 Å². The third-order valence-corrected chi connectivity index (χ3v) is 1.48. The molecular weight excluding hydrogens is 174 g/mol. The summed E-state index contributed by atoms with van der Waals surface area (Å²) in [4.78, 5) is 0. The smallest absolute Gasteiger partial charge is 0.160 e. The summed E-state index contributed by atoms with van der Waals surface area (Å²) in [6.45, 7) is 9.93. The molecule has 3 nitrogen and oxygen atoms in total. The van der Waals surface area contributed by atoms with E-state index in [0.717, 1.165) is 11.5 Å². The number of aryl methyl sites for hydroxylation is 1. The number of aromatic nitrogens is 3. The average molecular weight is 193 g/mol. The lowest BCUT2D eigenvalue weighted by atomic mass is 10.5. The molecule has 14 heavy (non-hydrogen) atoms. The molecule has 0 N–H and O–H groups in total. The summed E-state index contributed by atoms with van der Waals surface area (Å²) in [7, 11) is 0. The van der Waals surface area contributed by atoms with Gasteiger partial charge in [0.05, 0.1) is 0 Å². The molecular formula is C11H19N3. The minimum absolute atomic E-state index is 0.903. The molecule has 0 unspecified atom stereocenters. The van der Waals surface area contributed by atoms with Gasteiger partial charge < -0.3 is 0 Å². The maximum Gasteiger partial charge on any atom is 0.160 e. The van der Waals surface area contributed by atoms with Gasteiger partial charge in [0.15, 0.2) is 5.65 Å². The SMILES string of the molecule is CC.CC.Cc1nnc2ccccn12. The van der Waals surface area contributed by atoms with Crippen molar-refractivity contribution in [1.82, 2.24) is 14.6 Å². The van der Waals surface area contributed by atoms with Crippen LogP contribution in [0.5, 0.6) is 0 Å². The first-order valence-corrected chi connectivity index (χ1v) is 5.14. The Labute approximate surface area is 85.8 Å². The van der Waals surface area contributed by atoms with E-state index >= 15 is 0 Å². The van der Waals surface area contributed by atoms with Crippen molar-refractivity contribution in [2.45, 2.75) is 34.6 Å². The van der Waals surface area contributed by atoms with E-state index in [9.17, 15) is 0 Å². The Balaban J connectivity index is 0.000000379. The topological polar surface area (TPSA) is 30.2 Å². The zero-order valence-electron chi connectivity index (χ0n) is 9.65. The van der Waals surface area contributed by atoms with E-state index in [2.05, 4.69) is 10.2 Å². The zero-order chi connectivity index (χ0) is 11.0. The molecule has 2 rings (SSSR count). The predicted octanol–water partition coefficient (Wildman–Crippen LogP) is 3.09. The summed E-state index contributed by atoms with van der Waals surface area (Å²) in [5.74, 6) is 0.926. The second-order valence-corrected chi connectivity index (χ2v) is 2.18. The van der Waals surface area contributed by atoms with Crippen molar-refractivity contribution in [3.63, 3.8) is 0 Å². The van der Waals surface area contributed by atoms with Gasteiger partial charge in [0.25, 0.3) is 0 Å². The van der Waals surface area contributed by atoms with Crippen LogP contribution < -0.4 is 0 Å². The largest absolute Gasteiger partial charge is 0.287 e. The second-order valence-electron chi connectivity index (χ2n) is 2.18. The minimum atomic E-state index is 0.903. The molecule has 0 amide bonds. The van der Waals surface area contributed by atoms with E-state index in [-0.39, 0.29) is 0 Å². The Morgan fingerprint density at radius 2 is 1.64 bits per heavy atom. The summed E-state index contributed by atoms with van der Waals surface area (Å²) in [6.07, 6.45) is 1.95. The zero-order valence-corrected chi connectivity index (χ0v) is 9.65. The van der Waals surface area contributed by atoms with Gasteiger partial charge in [0.1, 0.15) is 5.82 Å². The van der Waals surface area contributed by atoms with Crippen molar-refractivity contribution in [3.8, 4) is 0 Å². The van der Waals surface area contributed by atoms with Crippen LogP contribution in [0, 0.1) is 6.92 Å². The third kappa shape index (κ3) is 2.83. The summed E-state index contributed by atoms with van der Waals surface area (Å²) < 4.78 is 1.94. The number of hydrogen-bond donors (Lipinski definition) is 0. The first kappa shape index (κ1) is 12.6. The Morgan fingerprint density at radius 1 is 1.00 bits per heavy atom. The average Bonchev–Trinajstić information content (AvgIpc) is 2.67. The number of fused-ring (bicyclic) bond motifs is 1. The molecule has 0 aliphatic carbocycles. The van der Waals surface area contributed by atoms with Gasteiger partial charge in [0, 0.05) is 6.20 Å². The van der Waals surface area contributed by atoms with E-state index in [0.29, 0.717) is 0 Å². The van der Waals surface area contributed by atoms with Crippen LogP contribution in [0.15, 0.2) is 24.4 Å². The molecule has 78 valence electrons. The monoisotopic (exact) mass is 193 g/mol. The molecule has 0 fully saturated rings. The van der Waals surface area contributed by atoms with Crippen molar-refractivity contribution < 1.29 is 0 Å². The molecule has 0 aromatic carbocycles. The first-order valence-electron chi connectivity index (χ1n) is 5.14. The van der Waals surface area contributed by atoms with Gasteiger partial charge in [0.2, 0.25) is 0 Å². The fourth-order valence-corrected chi connectivity index (χ4v) is 0.961. The maximum absolute atomic E-state index is 3.93. The highest BCUT2D eigenvalue weighted by Gasteiger charge is 1.95. The van der Waals surface area contributed by atoms with Crippen molar-refractivity contribution in [1.29, 1.82) is 0 Å². The van der Waals surface area contributed by atoms with Gasteiger partial charge in [-0.1, -0.05) is 33.8 Å². The molecule has 0 saturated carbocycles. The van der Waals surface area contributed by atoms with Crippen molar-refractivity contribution in [2.24, 2.45) is 0 Å². The van der Waals surface area contributed by atoms with Gasteiger partial charge in [-0.3, -0.25) is 4.40 Å².